The van der Waals surface area contributed by atoms with Gasteiger partial charge in [-0.05, 0) is 18.8 Å². The molecule has 1 aromatic heterocycles. The van der Waals surface area contributed by atoms with Gasteiger partial charge in [0.25, 0.3) is 0 Å². The van der Waals surface area contributed by atoms with E-state index >= 15 is 0 Å². The molecule has 6 heteroatoms. The second-order valence-corrected chi connectivity index (χ2v) is 5.39. The third-order valence-corrected chi connectivity index (χ3v) is 3.34. The molecule has 2 heterocycles. The minimum atomic E-state index is -0.151. The molecule has 1 saturated heterocycles. The molecule has 2 N–H and O–H groups in total. The number of carbonyl (C=O) groups excluding carboxylic acids is 1. The average Bonchev–Trinajstić information content (AvgIpc) is 2.97. The molecule has 1 atom stereocenters. The van der Waals surface area contributed by atoms with Crippen molar-refractivity contribution in [3.05, 3.63) is 12.3 Å². The first-order valence-corrected chi connectivity index (χ1v) is 6.82. The quantitative estimate of drug-likeness (QED) is 0.868. The summed E-state index contributed by atoms with van der Waals surface area (Å²) in [6.45, 7) is 5.71. The Bertz CT molecular complexity index is 430. The maximum atomic E-state index is 12.2. The van der Waals surface area contributed by atoms with E-state index in [9.17, 15) is 9.90 Å². The number of aliphatic hydroxyl groups is 1. The maximum absolute atomic E-state index is 12.2. The van der Waals surface area contributed by atoms with Crippen LogP contribution in [0, 0.1) is 5.92 Å². The van der Waals surface area contributed by atoms with Crippen LogP contribution in [0.5, 0.6) is 0 Å². The van der Waals surface area contributed by atoms with Gasteiger partial charge in [0.15, 0.2) is 0 Å². The van der Waals surface area contributed by atoms with Gasteiger partial charge in [-0.25, -0.2) is 9.48 Å². The lowest BCUT2D eigenvalue weighted by atomic mass is 10.2. The Morgan fingerprint density at radius 1 is 1.63 bits per heavy atom. The first-order chi connectivity index (χ1) is 9.11. The summed E-state index contributed by atoms with van der Waals surface area (Å²) < 4.78 is 1.80. The molecule has 1 aliphatic rings. The fourth-order valence-corrected chi connectivity index (χ4v) is 2.40. The number of likely N-dealkylation sites (tertiary alicyclic amines) is 1. The molecule has 2 amide bonds. The Kier molecular flexibility index (Phi) is 4.42. The summed E-state index contributed by atoms with van der Waals surface area (Å²) in [4.78, 5) is 13.9. The molecule has 0 bridgehead atoms. The molecule has 0 spiro atoms. The van der Waals surface area contributed by atoms with E-state index in [0.29, 0.717) is 18.3 Å². The molecule has 1 aromatic rings. The van der Waals surface area contributed by atoms with Gasteiger partial charge in [0.05, 0.1) is 18.8 Å². The zero-order valence-electron chi connectivity index (χ0n) is 11.5. The van der Waals surface area contributed by atoms with Crippen LogP contribution in [-0.4, -0.2) is 45.0 Å². The molecule has 1 unspecified atom stereocenters. The van der Waals surface area contributed by atoms with E-state index in [0.717, 1.165) is 19.4 Å². The van der Waals surface area contributed by atoms with Crippen LogP contribution in [0.4, 0.5) is 10.6 Å². The standard InChI is InChI=1S/C13H22N4O2/c1-10(2)8-17-12(5-6-14-17)15-13(19)16-7-3-4-11(16)9-18/h5-6,10-11,18H,3-4,7-9H2,1-2H3,(H,15,19). The smallest absolute Gasteiger partial charge is 0.323 e. The van der Waals surface area contributed by atoms with E-state index in [1.165, 1.54) is 0 Å². The summed E-state index contributed by atoms with van der Waals surface area (Å²) in [5, 5.41) is 16.3. The molecule has 6 nitrogen and oxygen atoms in total. The largest absolute Gasteiger partial charge is 0.394 e. The highest BCUT2D eigenvalue weighted by molar-refractivity contribution is 5.88. The van der Waals surface area contributed by atoms with Crippen molar-refractivity contribution in [2.24, 2.45) is 5.92 Å². The Balaban J connectivity index is 2.00. The fraction of sp³-hybridized carbons (Fsp3) is 0.692. The van der Waals surface area contributed by atoms with Gasteiger partial charge < -0.3 is 10.0 Å². The van der Waals surface area contributed by atoms with Crippen molar-refractivity contribution >= 4 is 11.8 Å². The second kappa shape index (κ2) is 6.06. The number of nitrogens with zero attached hydrogens (tertiary/aromatic N) is 3. The minimum Gasteiger partial charge on any atom is -0.394 e. The van der Waals surface area contributed by atoms with Gasteiger partial charge in [-0.1, -0.05) is 13.8 Å². The SMILES string of the molecule is CC(C)Cn1nccc1NC(=O)N1CCCC1CO. The molecule has 106 valence electrons. The van der Waals surface area contributed by atoms with E-state index in [-0.39, 0.29) is 18.7 Å². The maximum Gasteiger partial charge on any atom is 0.323 e. The van der Waals surface area contributed by atoms with Crippen molar-refractivity contribution in [3.8, 4) is 0 Å². The summed E-state index contributed by atoms with van der Waals surface area (Å²) >= 11 is 0. The van der Waals surface area contributed by atoms with Gasteiger partial charge in [0.1, 0.15) is 5.82 Å². The van der Waals surface area contributed by atoms with E-state index < -0.39 is 0 Å². The van der Waals surface area contributed by atoms with Crippen molar-refractivity contribution in [2.75, 3.05) is 18.5 Å². The predicted octanol–water partition coefficient (Wildman–Crippen LogP) is 1.53. The van der Waals surface area contributed by atoms with E-state index in [2.05, 4.69) is 24.3 Å². The summed E-state index contributed by atoms with van der Waals surface area (Å²) in [5.41, 5.74) is 0. The third kappa shape index (κ3) is 3.26. The monoisotopic (exact) mass is 266 g/mol. The van der Waals surface area contributed by atoms with Crippen LogP contribution in [0.25, 0.3) is 0 Å². The molecule has 0 saturated carbocycles. The summed E-state index contributed by atoms with van der Waals surface area (Å²) in [6, 6.07) is 1.59. The van der Waals surface area contributed by atoms with Crippen LogP contribution in [0.1, 0.15) is 26.7 Å². The van der Waals surface area contributed by atoms with E-state index in [1.54, 1.807) is 21.8 Å². The van der Waals surface area contributed by atoms with Gasteiger partial charge >= 0.3 is 6.03 Å². The zero-order chi connectivity index (χ0) is 13.8. The lowest BCUT2D eigenvalue weighted by Crippen LogP contribution is -2.40. The number of urea groups is 1. The highest BCUT2D eigenvalue weighted by atomic mass is 16.3. The molecule has 1 fully saturated rings. The molecule has 0 aromatic carbocycles. The third-order valence-electron chi connectivity index (χ3n) is 3.34. The normalized spacial score (nSPS) is 19.2. The topological polar surface area (TPSA) is 70.4 Å². The molecule has 2 rings (SSSR count). The molecular formula is C13H22N4O2. The highest BCUT2D eigenvalue weighted by Gasteiger charge is 2.28. The van der Waals surface area contributed by atoms with Crippen molar-refractivity contribution in [1.82, 2.24) is 14.7 Å². The minimum absolute atomic E-state index is 0.0265. The van der Waals surface area contributed by atoms with Gasteiger partial charge in [-0.2, -0.15) is 5.10 Å². The Morgan fingerprint density at radius 2 is 2.42 bits per heavy atom. The van der Waals surface area contributed by atoms with E-state index in [1.807, 2.05) is 0 Å². The van der Waals surface area contributed by atoms with Crippen LogP contribution in [0.2, 0.25) is 0 Å². The zero-order valence-corrected chi connectivity index (χ0v) is 11.5. The van der Waals surface area contributed by atoms with Crippen LogP contribution in [-0.2, 0) is 6.54 Å². The fourth-order valence-electron chi connectivity index (χ4n) is 2.40. The number of nitrogens with one attached hydrogen (secondary N) is 1. The van der Waals surface area contributed by atoms with Crippen LogP contribution in [0.15, 0.2) is 12.3 Å². The number of rotatable bonds is 4. The first-order valence-electron chi connectivity index (χ1n) is 6.82. The number of carbonyl (C=O) groups is 1. The number of anilines is 1. The highest BCUT2D eigenvalue weighted by Crippen LogP contribution is 2.18. The van der Waals surface area contributed by atoms with Crippen molar-refractivity contribution < 1.29 is 9.90 Å². The number of amides is 2. The number of aliphatic hydroxyl groups excluding tert-OH is 1. The lowest BCUT2D eigenvalue weighted by Gasteiger charge is -2.23. The Labute approximate surface area is 113 Å². The van der Waals surface area contributed by atoms with Crippen LogP contribution < -0.4 is 5.32 Å². The van der Waals surface area contributed by atoms with Crippen molar-refractivity contribution in [3.63, 3.8) is 0 Å². The molecule has 0 radical (unpaired) electrons. The van der Waals surface area contributed by atoms with Crippen LogP contribution in [0.3, 0.4) is 0 Å². The molecule has 1 aliphatic heterocycles. The van der Waals surface area contributed by atoms with Crippen molar-refractivity contribution in [1.29, 1.82) is 0 Å². The lowest BCUT2D eigenvalue weighted by molar-refractivity contribution is 0.166. The summed E-state index contributed by atoms with van der Waals surface area (Å²) in [5.74, 6) is 1.18. The van der Waals surface area contributed by atoms with Gasteiger partial charge in [-0.3, -0.25) is 5.32 Å². The summed E-state index contributed by atoms with van der Waals surface area (Å²) in [6.07, 6.45) is 3.50. The number of aromatic nitrogens is 2. The Morgan fingerprint density at radius 3 is 3.11 bits per heavy atom. The molecule has 0 aliphatic carbocycles. The van der Waals surface area contributed by atoms with Crippen LogP contribution >= 0.6 is 0 Å². The molecule has 19 heavy (non-hydrogen) atoms. The van der Waals surface area contributed by atoms with Crippen molar-refractivity contribution in [2.45, 2.75) is 39.3 Å². The number of hydrogen-bond donors (Lipinski definition) is 2. The molecular weight excluding hydrogens is 244 g/mol. The first kappa shape index (κ1) is 13.9. The van der Waals surface area contributed by atoms with Gasteiger partial charge in [0, 0.05) is 19.2 Å². The van der Waals surface area contributed by atoms with E-state index in [4.69, 9.17) is 0 Å². The second-order valence-electron chi connectivity index (χ2n) is 5.39. The number of hydrogen-bond acceptors (Lipinski definition) is 3. The summed E-state index contributed by atoms with van der Waals surface area (Å²) in [7, 11) is 0. The predicted molar refractivity (Wildman–Crippen MR) is 72.9 cm³/mol. The average molecular weight is 266 g/mol. The van der Waals surface area contributed by atoms with Gasteiger partial charge in [-0.15, -0.1) is 0 Å². The Hall–Kier alpha value is -1.56. The van der Waals surface area contributed by atoms with Gasteiger partial charge in [0.2, 0.25) is 0 Å².